The Labute approximate surface area is 310 Å². The number of pyridine rings is 1. The highest BCUT2D eigenvalue weighted by atomic mass is 32.2. The Morgan fingerprint density at radius 3 is 2.33 bits per heavy atom. The largest absolute Gasteiger partial charge is 0.490 e. The predicted octanol–water partition coefficient (Wildman–Crippen LogP) is 7.58. The quantitative estimate of drug-likeness (QED) is 0.0935. The maximum atomic E-state index is 13.2. The first-order chi connectivity index (χ1) is 24.6. The van der Waals surface area contributed by atoms with Crippen molar-refractivity contribution in [2.24, 2.45) is 0 Å². The van der Waals surface area contributed by atoms with Crippen molar-refractivity contribution in [1.29, 1.82) is 0 Å². The predicted molar refractivity (Wildman–Crippen MR) is 206 cm³/mol. The molecule has 11 nitrogen and oxygen atoms in total. The fraction of sp³-hybridized carbons (Fsp3) is 0.513. The first-order valence-electron chi connectivity index (χ1n) is 18.2. The van der Waals surface area contributed by atoms with E-state index in [9.17, 15) is 23.1 Å². The minimum atomic E-state index is -3.89. The molecule has 0 spiro atoms. The van der Waals surface area contributed by atoms with Gasteiger partial charge in [0.15, 0.2) is 8.32 Å². The van der Waals surface area contributed by atoms with Gasteiger partial charge in [-0.05, 0) is 104 Å². The number of sulfonamides is 1. The number of rotatable bonds is 17. The molecule has 0 radical (unpaired) electrons. The van der Waals surface area contributed by atoms with E-state index >= 15 is 0 Å². The molecule has 0 unspecified atom stereocenters. The molecule has 284 valence electrons. The number of hydrogen-bond acceptors (Lipinski definition) is 8. The molecule has 1 fully saturated rings. The third-order valence-corrected chi connectivity index (χ3v) is 15.9. The van der Waals surface area contributed by atoms with E-state index in [1.807, 2.05) is 36.4 Å². The Balaban J connectivity index is 1.50. The lowest BCUT2D eigenvalue weighted by Crippen LogP contribution is -2.45. The summed E-state index contributed by atoms with van der Waals surface area (Å²) < 4.78 is 40.3. The average Bonchev–Trinajstić information content (AvgIpc) is 3.09. The third kappa shape index (κ3) is 11.9. The van der Waals surface area contributed by atoms with E-state index in [0.717, 1.165) is 54.4 Å². The molecular weight excluding hydrogens is 699 g/mol. The molecule has 1 aliphatic rings. The number of amides is 2. The number of aliphatic hydroxyl groups excluding tert-OH is 1. The van der Waals surface area contributed by atoms with Crippen molar-refractivity contribution in [2.45, 2.75) is 102 Å². The number of unbranched alkanes of at least 4 members (excludes halogenated alkanes) is 1. The number of hydrogen-bond donors (Lipinski definition) is 3. The van der Waals surface area contributed by atoms with Gasteiger partial charge in [-0.2, -0.15) is 0 Å². The van der Waals surface area contributed by atoms with Gasteiger partial charge in [0.25, 0.3) is 5.91 Å². The van der Waals surface area contributed by atoms with Crippen molar-refractivity contribution >= 4 is 30.3 Å². The maximum absolute atomic E-state index is 13.2. The number of nitrogens with zero attached hydrogens (tertiary/aromatic N) is 2. The van der Waals surface area contributed by atoms with Gasteiger partial charge in [-0.3, -0.25) is 9.78 Å². The zero-order valence-electron chi connectivity index (χ0n) is 31.1. The lowest BCUT2D eigenvalue weighted by atomic mass is 9.97. The number of aliphatic hydroxyl groups is 1. The fourth-order valence-electron chi connectivity index (χ4n) is 5.90. The van der Waals surface area contributed by atoms with Crippen LogP contribution < -0.4 is 9.46 Å². The zero-order valence-corrected chi connectivity index (χ0v) is 33.0. The molecule has 0 saturated heterocycles. The molecule has 1 saturated carbocycles. The van der Waals surface area contributed by atoms with Crippen LogP contribution in [0.2, 0.25) is 18.1 Å². The monoisotopic (exact) mass is 753 g/mol. The summed E-state index contributed by atoms with van der Waals surface area (Å²) in [4.78, 5) is 31.3. The van der Waals surface area contributed by atoms with E-state index in [0.29, 0.717) is 18.6 Å². The van der Waals surface area contributed by atoms with E-state index < -0.39 is 36.4 Å². The molecule has 2 aromatic carbocycles. The lowest BCUT2D eigenvalue weighted by Gasteiger charge is -2.40. The van der Waals surface area contributed by atoms with Gasteiger partial charge in [-0.15, -0.1) is 0 Å². The summed E-state index contributed by atoms with van der Waals surface area (Å²) in [6, 6.07) is 16.7. The van der Waals surface area contributed by atoms with E-state index in [1.165, 1.54) is 4.90 Å². The van der Waals surface area contributed by atoms with Crippen LogP contribution in [0.3, 0.4) is 0 Å². The Bertz CT molecular complexity index is 1720. The normalized spacial score (nSPS) is 14.8. The van der Waals surface area contributed by atoms with Crippen LogP contribution in [0.25, 0.3) is 11.1 Å². The standard InChI is InChI=1S/C39H55N3O8SSi/c1-39(2,3)52(4,5)50-36(32-12-11-22-40-27-32)28-42(38(45)46)23-21-29-15-17-30(18-16-29)31-19-20-34(35(26-31)49-33-13-7-6-8-14-33)37(44)41-51(47,48)25-10-9-24-43/h11-12,15-20,22,26-27,33,36,43H,6-10,13-14,21,23-25,28H2,1-5H3,(H,41,44)(H,45,46)/t36-/m1/s1. The number of aromatic nitrogens is 1. The first kappa shape index (κ1) is 41.0. The van der Waals surface area contributed by atoms with Crippen molar-refractivity contribution in [2.75, 3.05) is 25.4 Å². The van der Waals surface area contributed by atoms with Gasteiger partial charge in [-0.25, -0.2) is 17.9 Å². The smallest absolute Gasteiger partial charge is 0.407 e. The average molecular weight is 754 g/mol. The molecule has 1 atom stereocenters. The van der Waals surface area contributed by atoms with Gasteiger partial charge >= 0.3 is 6.09 Å². The molecule has 1 aromatic heterocycles. The highest BCUT2D eigenvalue weighted by Crippen LogP contribution is 2.40. The van der Waals surface area contributed by atoms with Gasteiger partial charge in [0, 0.05) is 25.5 Å². The van der Waals surface area contributed by atoms with Crippen molar-refractivity contribution < 1.29 is 37.4 Å². The summed E-state index contributed by atoms with van der Waals surface area (Å²) in [7, 11) is -6.12. The lowest BCUT2D eigenvalue weighted by molar-refractivity contribution is 0.0969. The molecule has 13 heteroatoms. The molecule has 4 rings (SSSR count). The summed E-state index contributed by atoms with van der Waals surface area (Å²) in [5.74, 6) is -0.681. The van der Waals surface area contributed by atoms with Gasteiger partial charge in [0.05, 0.1) is 30.1 Å². The Morgan fingerprint density at radius 2 is 1.71 bits per heavy atom. The van der Waals surface area contributed by atoms with E-state index in [1.54, 1.807) is 30.6 Å². The number of carbonyl (C=O) groups is 2. The first-order valence-corrected chi connectivity index (χ1v) is 22.8. The summed E-state index contributed by atoms with van der Waals surface area (Å²) in [5.41, 5.74) is 3.62. The van der Waals surface area contributed by atoms with Crippen molar-refractivity contribution in [3.8, 4) is 16.9 Å². The van der Waals surface area contributed by atoms with Crippen LogP contribution in [0.1, 0.15) is 93.3 Å². The molecule has 1 aliphatic carbocycles. The molecule has 1 heterocycles. The van der Waals surface area contributed by atoms with Crippen LogP contribution in [0.15, 0.2) is 67.0 Å². The summed E-state index contributed by atoms with van der Waals surface area (Å²) >= 11 is 0. The number of ether oxygens (including phenoxy) is 1. The Kier molecular flexibility index (Phi) is 14.4. The van der Waals surface area contributed by atoms with Gasteiger partial charge < -0.3 is 24.3 Å². The minimum Gasteiger partial charge on any atom is -0.490 e. The molecule has 52 heavy (non-hydrogen) atoms. The van der Waals surface area contributed by atoms with Crippen molar-refractivity contribution in [3.05, 3.63) is 83.7 Å². The summed E-state index contributed by atoms with van der Waals surface area (Å²) in [5, 5.41) is 19.1. The maximum Gasteiger partial charge on any atom is 0.407 e. The highest BCUT2D eigenvalue weighted by Gasteiger charge is 2.40. The van der Waals surface area contributed by atoms with Gasteiger partial charge in [0.1, 0.15) is 5.75 Å². The van der Waals surface area contributed by atoms with Gasteiger partial charge in [0.2, 0.25) is 10.0 Å². The van der Waals surface area contributed by atoms with Gasteiger partial charge in [-0.1, -0.05) is 63.6 Å². The Hall–Kier alpha value is -3.78. The second-order valence-corrected chi connectivity index (χ2v) is 21.7. The van der Waals surface area contributed by atoms with Crippen molar-refractivity contribution in [3.63, 3.8) is 0 Å². The number of carbonyl (C=O) groups excluding carboxylic acids is 1. The van der Waals surface area contributed by atoms with E-state index in [-0.39, 0.29) is 48.6 Å². The number of benzene rings is 2. The van der Waals surface area contributed by atoms with Crippen LogP contribution in [0.5, 0.6) is 5.75 Å². The summed E-state index contributed by atoms with van der Waals surface area (Å²) in [6.45, 7) is 11.1. The zero-order chi connectivity index (χ0) is 37.9. The highest BCUT2D eigenvalue weighted by molar-refractivity contribution is 7.90. The summed E-state index contributed by atoms with van der Waals surface area (Å²) in [6.07, 6.45) is 7.87. The van der Waals surface area contributed by atoms with Crippen molar-refractivity contribution in [1.82, 2.24) is 14.6 Å². The number of carboxylic acid groups (broad SMARTS) is 1. The molecule has 3 aromatic rings. The van der Waals surface area contributed by atoms with Crippen LogP contribution in [-0.2, 0) is 20.9 Å². The second-order valence-electron chi connectivity index (χ2n) is 15.1. The fourth-order valence-corrected chi connectivity index (χ4v) is 8.26. The minimum absolute atomic E-state index is 0.0553. The van der Waals surface area contributed by atoms with Crippen LogP contribution in [-0.4, -0.2) is 80.4 Å². The molecule has 0 bridgehead atoms. The van der Waals surface area contributed by atoms with Crippen LogP contribution in [0, 0.1) is 0 Å². The molecule has 0 aliphatic heterocycles. The van der Waals surface area contributed by atoms with E-state index in [2.05, 4.69) is 43.6 Å². The van der Waals surface area contributed by atoms with Crippen LogP contribution >= 0.6 is 0 Å². The molecular formula is C39H55N3O8SSi. The topological polar surface area (TPSA) is 155 Å². The SMILES string of the molecule is CC(C)(C)[Si](C)(C)O[C@H](CN(CCc1ccc(-c2ccc(C(=O)NS(=O)(=O)CCCCO)c(OC3CCCCC3)c2)cc1)C(=O)O)c1cccnc1. The third-order valence-electron chi connectivity index (χ3n) is 10.1. The Morgan fingerprint density at radius 1 is 1.02 bits per heavy atom. The van der Waals surface area contributed by atoms with Crippen LogP contribution in [0.4, 0.5) is 4.79 Å². The van der Waals surface area contributed by atoms with E-state index in [4.69, 9.17) is 14.3 Å². The molecule has 2 amide bonds. The second kappa shape index (κ2) is 18.3. The molecule has 3 N–H and O–H groups in total. The number of nitrogens with one attached hydrogen (secondary N) is 1.